The molecule has 0 fully saturated rings. The first-order valence-corrected chi connectivity index (χ1v) is 5.68. The molecule has 0 spiro atoms. The Morgan fingerprint density at radius 1 is 1.53 bits per heavy atom. The van der Waals surface area contributed by atoms with E-state index in [1.54, 1.807) is 16.9 Å². The molecule has 0 saturated heterocycles. The van der Waals surface area contributed by atoms with Gasteiger partial charge in [-0.25, -0.2) is 14.2 Å². The number of anilines is 2. The lowest BCUT2D eigenvalue weighted by molar-refractivity contribution is 0.0697. The molecule has 0 amide bonds. The Morgan fingerprint density at radius 3 is 2.84 bits per heavy atom. The number of aromatic carboxylic acids is 1. The Bertz CT molecular complexity index is 610. The molecule has 0 aliphatic carbocycles. The zero-order valence-corrected chi connectivity index (χ0v) is 10.5. The summed E-state index contributed by atoms with van der Waals surface area (Å²) < 4.78 is 14.7. The largest absolute Gasteiger partial charge is 0.478 e. The predicted octanol–water partition coefficient (Wildman–Crippen LogP) is 2.44. The lowest BCUT2D eigenvalue weighted by Gasteiger charge is -2.07. The van der Waals surface area contributed by atoms with Gasteiger partial charge in [0.25, 0.3) is 0 Å². The average molecular weight is 264 g/mol. The molecular formula is C12H13FN4O2. The number of halogens is 1. The third-order valence-electron chi connectivity index (χ3n) is 2.47. The molecule has 0 aromatic carbocycles. The molecule has 7 heteroatoms. The van der Waals surface area contributed by atoms with Gasteiger partial charge in [0, 0.05) is 18.3 Å². The van der Waals surface area contributed by atoms with Crippen LogP contribution in [0.2, 0.25) is 0 Å². The van der Waals surface area contributed by atoms with Gasteiger partial charge in [0.2, 0.25) is 0 Å². The Balaban J connectivity index is 2.29. The van der Waals surface area contributed by atoms with Gasteiger partial charge in [0.15, 0.2) is 5.82 Å². The minimum Gasteiger partial charge on any atom is -0.478 e. The van der Waals surface area contributed by atoms with Crippen LogP contribution in [0, 0.1) is 5.82 Å². The van der Waals surface area contributed by atoms with Gasteiger partial charge < -0.3 is 10.4 Å². The number of nitrogens with zero attached hydrogens (tertiary/aromatic N) is 3. The van der Waals surface area contributed by atoms with Gasteiger partial charge in [-0.1, -0.05) is 0 Å². The molecule has 0 radical (unpaired) electrons. The zero-order chi connectivity index (χ0) is 14.0. The molecule has 2 N–H and O–H groups in total. The fraction of sp³-hybridized carbons (Fsp3) is 0.250. The highest BCUT2D eigenvalue weighted by molar-refractivity contribution is 5.93. The molecule has 2 rings (SSSR count). The highest BCUT2D eigenvalue weighted by Crippen LogP contribution is 2.18. The van der Waals surface area contributed by atoms with Crippen LogP contribution < -0.4 is 5.32 Å². The molecule has 0 saturated carbocycles. The molecule has 100 valence electrons. The minimum absolute atomic E-state index is 0.0582. The van der Waals surface area contributed by atoms with Gasteiger partial charge in [-0.15, -0.1) is 0 Å². The summed E-state index contributed by atoms with van der Waals surface area (Å²) in [6.45, 7) is 3.94. The summed E-state index contributed by atoms with van der Waals surface area (Å²) in [7, 11) is 0. The molecule has 0 aliphatic rings. The van der Waals surface area contributed by atoms with Crippen molar-refractivity contribution in [1.82, 2.24) is 14.8 Å². The molecule has 2 aromatic rings. The summed E-state index contributed by atoms with van der Waals surface area (Å²) in [6.07, 6.45) is 2.71. The van der Waals surface area contributed by atoms with Crippen LogP contribution in [0.25, 0.3) is 0 Å². The Labute approximate surface area is 108 Å². The summed E-state index contributed by atoms with van der Waals surface area (Å²) in [4.78, 5) is 14.7. The van der Waals surface area contributed by atoms with Crippen molar-refractivity contribution in [2.45, 2.75) is 19.9 Å². The first kappa shape index (κ1) is 13.0. The molecule has 0 unspecified atom stereocenters. The second-order valence-corrected chi connectivity index (χ2v) is 4.25. The fourth-order valence-electron chi connectivity index (χ4n) is 1.52. The maximum absolute atomic E-state index is 13.0. The summed E-state index contributed by atoms with van der Waals surface area (Å²) in [6, 6.07) is 2.80. The Hall–Kier alpha value is -2.44. The zero-order valence-electron chi connectivity index (χ0n) is 10.5. The Morgan fingerprint density at radius 2 is 2.26 bits per heavy atom. The van der Waals surface area contributed by atoms with Crippen LogP contribution >= 0.6 is 0 Å². The van der Waals surface area contributed by atoms with E-state index in [1.807, 2.05) is 13.8 Å². The maximum Gasteiger partial charge on any atom is 0.339 e. The first-order chi connectivity index (χ1) is 8.97. The van der Waals surface area contributed by atoms with E-state index in [-0.39, 0.29) is 17.4 Å². The lowest BCUT2D eigenvalue weighted by Crippen LogP contribution is -2.07. The van der Waals surface area contributed by atoms with Crippen LogP contribution in [0.5, 0.6) is 0 Å². The van der Waals surface area contributed by atoms with Gasteiger partial charge in [-0.3, -0.25) is 4.68 Å². The number of rotatable bonds is 4. The normalized spacial score (nSPS) is 10.7. The van der Waals surface area contributed by atoms with Crippen LogP contribution in [-0.4, -0.2) is 25.8 Å². The van der Waals surface area contributed by atoms with Crippen molar-refractivity contribution in [3.63, 3.8) is 0 Å². The fourth-order valence-corrected chi connectivity index (χ4v) is 1.52. The summed E-state index contributed by atoms with van der Waals surface area (Å²) in [5.74, 6) is -1.44. The quantitative estimate of drug-likeness (QED) is 0.886. The SMILES string of the molecule is CC(C)n1ccc(Nc2ncc(F)cc2C(=O)O)n1. The summed E-state index contributed by atoms with van der Waals surface area (Å²) in [5.41, 5.74) is -0.237. The average Bonchev–Trinajstić information content (AvgIpc) is 2.80. The maximum atomic E-state index is 13.0. The Kier molecular flexibility index (Phi) is 3.46. The number of carboxylic acids is 1. The van der Waals surface area contributed by atoms with Crippen molar-refractivity contribution in [2.24, 2.45) is 0 Å². The van der Waals surface area contributed by atoms with Crippen LogP contribution in [0.3, 0.4) is 0 Å². The van der Waals surface area contributed by atoms with E-state index >= 15 is 0 Å². The third kappa shape index (κ3) is 2.87. The molecule has 6 nitrogen and oxygen atoms in total. The predicted molar refractivity (Wildman–Crippen MR) is 67.0 cm³/mol. The summed E-state index contributed by atoms with van der Waals surface area (Å²) in [5, 5.41) is 16.0. The third-order valence-corrected chi connectivity index (χ3v) is 2.47. The number of carbonyl (C=O) groups is 1. The molecule has 0 aliphatic heterocycles. The number of aromatic nitrogens is 3. The van der Waals surface area contributed by atoms with Crippen molar-refractivity contribution >= 4 is 17.6 Å². The van der Waals surface area contributed by atoms with E-state index in [1.165, 1.54) is 0 Å². The highest BCUT2D eigenvalue weighted by Gasteiger charge is 2.14. The molecule has 0 bridgehead atoms. The highest BCUT2D eigenvalue weighted by atomic mass is 19.1. The van der Waals surface area contributed by atoms with Crippen molar-refractivity contribution in [3.05, 3.63) is 35.9 Å². The van der Waals surface area contributed by atoms with Gasteiger partial charge in [0.1, 0.15) is 17.2 Å². The van der Waals surface area contributed by atoms with E-state index in [0.717, 1.165) is 12.3 Å². The number of pyridine rings is 1. The van der Waals surface area contributed by atoms with E-state index in [2.05, 4.69) is 15.4 Å². The molecule has 2 aromatic heterocycles. The minimum atomic E-state index is -1.25. The van der Waals surface area contributed by atoms with Crippen LogP contribution in [0.1, 0.15) is 30.2 Å². The molecule has 19 heavy (non-hydrogen) atoms. The molecular weight excluding hydrogens is 251 g/mol. The van der Waals surface area contributed by atoms with Crippen LogP contribution in [0.15, 0.2) is 24.5 Å². The van der Waals surface area contributed by atoms with Crippen molar-refractivity contribution < 1.29 is 14.3 Å². The number of hydrogen-bond donors (Lipinski definition) is 2. The number of hydrogen-bond acceptors (Lipinski definition) is 4. The van der Waals surface area contributed by atoms with Crippen molar-refractivity contribution in [3.8, 4) is 0 Å². The first-order valence-electron chi connectivity index (χ1n) is 5.68. The van der Waals surface area contributed by atoms with E-state index in [9.17, 15) is 9.18 Å². The molecule has 2 heterocycles. The van der Waals surface area contributed by atoms with E-state index in [4.69, 9.17) is 5.11 Å². The van der Waals surface area contributed by atoms with Crippen molar-refractivity contribution in [2.75, 3.05) is 5.32 Å². The second-order valence-electron chi connectivity index (χ2n) is 4.25. The number of carboxylic acid groups (broad SMARTS) is 1. The topological polar surface area (TPSA) is 80.0 Å². The van der Waals surface area contributed by atoms with Gasteiger partial charge >= 0.3 is 5.97 Å². The molecule has 0 atom stereocenters. The summed E-state index contributed by atoms with van der Waals surface area (Å²) >= 11 is 0. The van der Waals surface area contributed by atoms with Crippen LogP contribution in [0.4, 0.5) is 16.0 Å². The standard InChI is InChI=1S/C12H13FN4O2/c1-7(2)17-4-3-10(16-17)15-11-9(12(18)19)5-8(13)6-14-11/h3-7H,1-2H3,(H,18,19)(H,14,15,16). The van der Waals surface area contributed by atoms with E-state index < -0.39 is 11.8 Å². The van der Waals surface area contributed by atoms with Gasteiger partial charge in [0.05, 0.1) is 6.20 Å². The smallest absolute Gasteiger partial charge is 0.339 e. The van der Waals surface area contributed by atoms with Gasteiger partial charge in [-0.2, -0.15) is 5.10 Å². The van der Waals surface area contributed by atoms with Gasteiger partial charge in [-0.05, 0) is 19.9 Å². The van der Waals surface area contributed by atoms with E-state index in [0.29, 0.717) is 5.82 Å². The number of nitrogens with one attached hydrogen (secondary N) is 1. The second kappa shape index (κ2) is 5.05. The van der Waals surface area contributed by atoms with Crippen molar-refractivity contribution in [1.29, 1.82) is 0 Å². The lowest BCUT2D eigenvalue weighted by atomic mass is 10.2. The monoisotopic (exact) mass is 264 g/mol. The van der Waals surface area contributed by atoms with Crippen LogP contribution in [-0.2, 0) is 0 Å².